The predicted octanol–water partition coefficient (Wildman–Crippen LogP) is 2.55. The number of hydrogen-bond donors (Lipinski definition) is 1. The number of pyridine rings is 1. The van der Waals surface area contributed by atoms with Gasteiger partial charge < -0.3 is 5.32 Å². The van der Waals surface area contributed by atoms with Crippen molar-refractivity contribution in [3.8, 4) is 0 Å². The molecule has 0 unspecified atom stereocenters. The molecule has 1 aromatic rings. The molecule has 0 amide bonds. The Morgan fingerprint density at radius 1 is 1.31 bits per heavy atom. The monoisotopic (exact) mass is 214 g/mol. The van der Waals surface area contributed by atoms with E-state index in [0.717, 1.165) is 11.6 Å². The lowest BCUT2D eigenvalue weighted by Gasteiger charge is -2.24. The summed E-state index contributed by atoms with van der Waals surface area (Å²) in [5.41, 5.74) is 3.87. The molecule has 0 bridgehead atoms. The van der Waals surface area contributed by atoms with Crippen molar-refractivity contribution in [2.45, 2.75) is 32.2 Å². The van der Waals surface area contributed by atoms with E-state index < -0.39 is 0 Å². The SMILES string of the molecule is Cc1ccc(C2=C[C@@H]3NCC[C@@H]3CC2)cn1. The highest BCUT2D eigenvalue weighted by Gasteiger charge is 2.28. The van der Waals surface area contributed by atoms with Crippen LogP contribution in [0.5, 0.6) is 0 Å². The van der Waals surface area contributed by atoms with E-state index in [1.54, 1.807) is 0 Å². The summed E-state index contributed by atoms with van der Waals surface area (Å²) in [7, 11) is 0. The van der Waals surface area contributed by atoms with Crippen LogP contribution in [0.25, 0.3) is 5.57 Å². The highest BCUT2D eigenvalue weighted by atomic mass is 14.9. The van der Waals surface area contributed by atoms with E-state index in [9.17, 15) is 0 Å². The summed E-state index contributed by atoms with van der Waals surface area (Å²) < 4.78 is 0. The average molecular weight is 214 g/mol. The van der Waals surface area contributed by atoms with Crippen molar-refractivity contribution >= 4 is 5.57 Å². The standard InChI is InChI=1S/C14H18N2/c1-10-2-3-13(9-16-10)12-5-4-11-6-7-15-14(11)8-12/h2-3,8-9,11,14-15H,4-7H2,1H3/t11-,14-/m0/s1. The van der Waals surface area contributed by atoms with Gasteiger partial charge in [-0.05, 0) is 55.9 Å². The first-order valence-electron chi connectivity index (χ1n) is 6.20. The van der Waals surface area contributed by atoms with Crippen LogP contribution in [0.15, 0.2) is 24.4 Å². The number of nitrogens with zero attached hydrogens (tertiary/aromatic N) is 1. The molecule has 16 heavy (non-hydrogen) atoms. The van der Waals surface area contributed by atoms with Crippen LogP contribution in [0.2, 0.25) is 0 Å². The van der Waals surface area contributed by atoms with E-state index in [1.807, 2.05) is 13.1 Å². The van der Waals surface area contributed by atoms with Gasteiger partial charge in [-0.25, -0.2) is 0 Å². The molecule has 1 aromatic heterocycles. The number of aromatic nitrogens is 1. The van der Waals surface area contributed by atoms with Crippen LogP contribution in [0.3, 0.4) is 0 Å². The van der Waals surface area contributed by atoms with Crippen LogP contribution < -0.4 is 5.32 Å². The molecule has 2 atom stereocenters. The molecule has 0 saturated carbocycles. The minimum absolute atomic E-state index is 0.616. The normalized spacial score (nSPS) is 28.7. The highest BCUT2D eigenvalue weighted by Crippen LogP contribution is 2.33. The number of rotatable bonds is 1. The molecular weight excluding hydrogens is 196 g/mol. The first-order chi connectivity index (χ1) is 7.83. The maximum atomic E-state index is 4.38. The summed E-state index contributed by atoms with van der Waals surface area (Å²) in [6, 6.07) is 4.92. The topological polar surface area (TPSA) is 24.9 Å². The number of hydrogen-bond acceptors (Lipinski definition) is 2. The zero-order valence-electron chi connectivity index (χ0n) is 9.74. The van der Waals surface area contributed by atoms with Crippen LogP contribution in [0, 0.1) is 12.8 Å². The zero-order valence-corrected chi connectivity index (χ0v) is 9.74. The van der Waals surface area contributed by atoms with E-state index in [0.29, 0.717) is 6.04 Å². The summed E-state index contributed by atoms with van der Waals surface area (Å²) in [4.78, 5) is 4.38. The lowest BCUT2D eigenvalue weighted by Crippen LogP contribution is -2.27. The summed E-state index contributed by atoms with van der Waals surface area (Å²) in [5, 5.41) is 3.57. The Morgan fingerprint density at radius 3 is 3.06 bits per heavy atom. The van der Waals surface area contributed by atoms with Crippen molar-refractivity contribution in [2.75, 3.05) is 6.54 Å². The van der Waals surface area contributed by atoms with Gasteiger partial charge >= 0.3 is 0 Å². The van der Waals surface area contributed by atoms with Gasteiger partial charge in [0.1, 0.15) is 0 Å². The smallest absolute Gasteiger partial charge is 0.0373 e. The number of aryl methyl sites for hydroxylation is 1. The van der Waals surface area contributed by atoms with Gasteiger partial charge in [-0.1, -0.05) is 12.1 Å². The Balaban J connectivity index is 1.87. The third-order valence-electron chi connectivity index (χ3n) is 3.85. The van der Waals surface area contributed by atoms with E-state index in [-0.39, 0.29) is 0 Å². The molecule has 2 heteroatoms. The van der Waals surface area contributed by atoms with Gasteiger partial charge in [0.05, 0.1) is 0 Å². The fourth-order valence-electron chi connectivity index (χ4n) is 2.84. The van der Waals surface area contributed by atoms with Gasteiger partial charge in [0.2, 0.25) is 0 Å². The van der Waals surface area contributed by atoms with Gasteiger partial charge in [-0.2, -0.15) is 0 Å². The maximum absolute atomic E-state index is 4.38. The Labute approximate surface area is 96.8 Å². The van der Waals surface area contributed by atoms with Crippen molar-refractivity contribution in [1.82, 2.24) is 10.3 Å². The predicted molar refractivity (Wildman–Crippen MR) is 66.1 cm³/mol. The van der Waals surface area contributed by atoms with Crippen LogP contribution in [0.4, 0.5) is 0 Å². The van der Waals surface area contributed by atoms with E-state index >= 15 is 0 Å². The van der Waals surface area contributed by atoms with Gasteiger partial charge in [-0.15, -0.1) is 0 Å². The first kappa shape index (κ1) is 10.0. The van der Waals surface area contributed by atoms with Gasteiger partial charge in [-0.3, -0.25) is 4.98 Å². The third kappa shape index (κ3) is 1.78. The van der Waals surface area contributed by atoms with Gasteiger partial charge in [0, 0.05) is 17.9 Å². The lowest BCUT2D eigenvalue weighted by molar-refractivity contribution is 0.465. The average Bonchev–Trinajstić information content (AvgIpc) is 2.77. The molecule has 2 aliphatic rings. The van der Waals surface area contributed by atoms with Gasteiger partial charge in [0.15, 0.2) is 0 Å². The Bertz CT molecular complexity index is 405. The molecule has 1 N–H and O–H groups in total. The Hall–Kier alpha value is -1.15. The molecule has 2 heterocycles. The van der Waals surface area contributed by atoms with Crippen molar-refractivity contribution < 1.29 is 0 Å². The van der Waals surface area contributed by atoms with Crippen LogP contribution in [-0.4, -0.2) is 17.6 Å². The second kappa shape index (κ2) is 4.02. The molecule has 0 aromatic carbocycles. The maximum Gasteiger partial charge on any atom is 0.0373 e. The minimum Gasteiger partial charge on any atom is -0.310 e. The quantitative estimate of drug-likeness (QED) is 0.777. The summed E-state index contributed by atoms with van der Waals surface area (Å²) in [6.45, 7) is 3.22. The second-order valence-corrected chi connectivity index (χ2v) is 4.95. The largest absolute Gasteiger partial charge is 0.310 e. The molecule has 1 fully saturated rings. The van der Waals surface area contributed by atoms with Gasteiger partial charge in [0.25, 0.3) is 0 Å². The molecule has 1 saturated heterocycles. The highest BCUT2D eigenvalue weighted by molar-refractivity contribution is 5.66. The van der Waals surface area contributed by atoms with Crippen LogP contribution in [-0.2, 0) is 0 Å². The third-order valence-corrected chi connectivity index (χ3v) is 3.85. The number of fused-ring (bicyclic) bond motifs is 1. The Morgan fingerprint density at radius 2 is 2.25 bits per heavy atom. The molecule has 0 radical (unpaired) electrons. The minimum atomic E-state index is 0.616. The Kier molecular flexibility index (Phi) is 2.52. The van der Waals surface area contributed by atoms with E-state index in [2.05, 4.69) is 28.5 Å². The van der Waals surface area contributed by atoms with Crippen molar-refractivity contribution in [3.63, 3.8) is 0 Å². The summed E-state index contributed by atoms with van der Waals surface area (Å²) in [6.07, 6.45) is 8.33. The molecule has 2 nitrogen and oxygen atoms in total. The summed E-state index contributed by atoms with van der Waals surface area (Å²) >= 11 is 0. The fourth-order valence-corrected chi connectivity index (χ4v) is 2.84. The first-order valence-corrected chi connectivity index (χ1v) is 6.20. The zero-order chi connectivity index (χ0) is 11.0. The molecule has 1 aliphatic heterocycles. The molecule has 1 aliphatic carbocycles. The number of allylic oxidation sites excluding steroid dienone is 1. The fraction of sp³-hybridized carbons (Fsp3) is 0.500. The molecule has 0 spiro atoms. The molecule has 3 rings (SSSR count). The van der Waals surface area contributed by atoms with Crippen molar-refractivity contribution in [1.29, 1.82) is 0 Å². The van der Waals surface area contributed by atoms with Crippen LogP contribution in [0.1, 0.15) is 30.5 Å². The number of nitrogens with one attached hydrogen (secondary N) is 1. The van der Waals surface area contributed by atoms with Crippen LogP contribution >= 0.6 is 0 Å². The molecule has 84 valence electrons. The van der Waals surface area contributed by atoms with E-state index in [1.165, 1.54) is 36.9 Å². The van der Waals surface area contributed by atoms with E-state index in [4.69, 9.17) is 0 Å². The lowest BCUT2D eigenvalue weighted by atomic mass is 9.84. The van der Waals surface area contributed by atoms with Crippen molar-refractivity contribution in [3.05, 3.63) is 35.7 Å². The molecular formula is C14H18N2. The van der Waals surface area contributed by atoms with Crippen molar-refractivity contribution in [2.24, 2.45) is 5.92 Å². The summed E-state index contributed by atoms with van der Waals surface area (Å²) in [5.74, 6) is 0.877. The second-order valence-electron chi connectivity index (χ2n) is 4.95.